The lowest BCUT2D eigenvalue weighted by molar-refractivity contribution is 0.0526. The maximum Gasteiger partial charge on any atom is 0.338 e. The predicted octanol–water partition coefficient (Wildman–Crippen LogP) is 4.73. The largest absolute Gasteiger partial charge is 0.462 e. The van der Waals surface area contributed by atoms with Gasteiger partial charge in [0.2, 0.25) is 0 Å². The van der Waals surface area contributed by atoms with Gasteiger partial charge in [0.25, 0.3) is 0 Å². The summed E-state index contributed by atoms with van der Waals surface area (Å²) in [5.41, 5.74) is 3.03. The number of ether oxygens (including phenoxy) is 1. The Balaban J connectivity index is 2.09. The second-order valence-corrected chi connectivity index (χ2v) is 5.21. The summed E-state index contributed by atoms with van der Waals surface area (Å²) >= 11 is 6.37. The second-order valence-electron chi connectivity index (χ2n) is 4.81. The van der Waals surface area contributed by atoms with E-state index in [1.165, 1.54) is 0 Å². The number of fused-ring (bicyclic) bond motifs is 1. The molecule has 22 heavy (non-hydrogen) atoms. The number of benzene rings is 2. The van der Waals surface area contributed by atoms with Crippen LogP contribution in [0.5, 0.6) is 0 Å². The Morgan fingerprint density at radius 3 is 2.64 bits per heavy atom. The van der Waals surface area contributed by atoms with Crippen LogP contribution in [0.1, 0.15) is 17.3 Å². The molecule has 0 aliphatic carbocycles. The number of halogens is 1. The fourth-order valence-corrected chi connectivity index (χ4v) is 2.54. The molecule has 3 nitrogen and oxygen atoms in total. The minimum absolute atomic E-state index is 0.343. The number of aromatic nitrogens is 1. The van der Waals surface area contributed by atoms with Crippen LogP contribution in [0.2, 0.25) is 5.02 Å². The summed E-state index contributed by atoms with van der Waals surface area (Å²) in [4.78, 5) is 16.4. The first-order chi connectivity index (χ1) is 10.7. The third-order valence-corrected chi connectivity index (χ3v) is 3.65. The Bertz CT molecular complexity index is 831. The van der Waals surface area contributed by atoms with Crippen molar-refractivity contribution in [3.63, 3.8) is 0 Å². The first kappa shape index (κ1) is 14.5. The summed E-state index contributed by atoms with van der Waals surface area (Å²) in [5, 5.41) is 1.31. The highest BCUT2D eigenvalue weighted by molar-refractivity contribution is 6.35. The first-order valence-corrected chi connectivity index (χ1v) is 7.39. The number of carbonyl (C=O) groups excluding carboxylic acids is 1. The van der Waals surface area contributed by atoms with Gasteiger partial charge in [0.1, 0.15) is 0 Å². The van der Waals surface area contributed by atoms with E-state index in [0.29, 0.717) is 17.2 Å². The van der Waals surface area contributed by atoms with Gasteiger partial charge in [0.05, 0.1) is 28.4 Å². The van der Waals surface area contributed by atoms with Crippen LogP contribution in [-0.4, -0.2) is 17.6 Å². The number of hydrogen-bond acceptors (Lipinski definition) is 3. The van der Waals surface area contributed by atoms with Crippen LogP contribution < -0.4 is 0 Å². The van der Waals surface area contributed by atoms with Crippen LogP contribution >= 0.6 is 11.6 Å². The Kier molecular flexibility index (Phi) is 4.07. The lowest BCUT2D eigenvalue weighted by atomic mass is 10.1. The van der Waals surface area contributed by atoms with Gasteiger partial charge >= 0.3 is 5.97 Å². The molecule has 0 amide bonds. The van der Waals surface area contributed by atoms with Crippen molar-refractivity contribution < 1.29 is 9.53 Å². The molecule has 0 saturated carbocycles. The summed E-state index contributed by atoms with van der Waals surface area (Å²) < 4.78 is 5.01. The summed E-state index contributed by atoms with van der Waals surface area (Å²) in [6.45, 7) is 2.12. The van der Waals surface area contributed by atoms with E-state index in [4.69, 9.17) is 16.3 Å². The Morgan fingerprint density at radius 2 is 1.91 bits per heavy atom. The van der Waals surface area contributed by atoms with Gasteiger partial charge < -0.3 is 4.74 Å². The molecule has 0 bridgehead atoms. The standard InChI is InChI=1S/C18H14ClNO2/c1-2-22-18(21)13-8-9-16-14(10-13)15(19)11-17(20-16)12-6-4-3-5-7-12/h3-11H,2H2,1H3. The molecule has 0 aliphatic heterocycles. The number of rotatable bonds is 3. The third-order valence-electron chi connectivity index (χ3n) is 3.34. The molecule has 4 heteroatoms. The van der Waals surface area contributed by atoms with Crippen molar-refractivity contribution in [1.82, 2.24) is 4.98 Å². The lowest BCUT2D eigenvalue weighted by Gasteiger charge is -2.07. The second kappa shape index (κ2) is 6.16. The molecule has 0 N–H and O–H groups in total. The lowest BCUT2D eigenvalue weighted by Crippen LogP contribution is -2.04. The van der Waals surface area contributed by atoms with E-state index in [1.54, 1.807) is 25.1 Å². The molecule has 1 aromatic heterocycles. The number of carbonyl (C=O) groups is 1. The highest BCUT2D eigenvalue weighted by Crippen LogP contribution is 2.28. The molecule has 110 valence electrons. The molecule has 0 fully saturated rings. The van der Waals surface area contributed by atoms with Crippen molar-refractivity contribution >= 4 is 28.5 Å². The molecule has 0 aliphatic rings. The quantitative estimate of drug-likeness (QED) is 0.656. The van der Waals surface area contributed by atoms with Gasteiger partial charge in [-0.1, -0.05) is 41.9 Å². The number of esters is 1. The zero-order chi connectivity index (χ0) is 15.5. The van der Waals surface area contributed by atoms with Crippen molar-refractivity contribution in [2.24, 2.45) is 0 Å². The molecular formula is C18H14ClNO2. The highest BCUT2D eigenvalue weighted by Gasteiger charge is 2.11. The van der Waals surface area contributed by atoms with Gasteiger partial charge in [-0.2, -0.15) is 0 Å². The topological polar surface area (TPSA) is 39.2 Å². The molecule has 1 heterocycles. The molecule has 2 aromatic carbocycles. The SMILES string of the molecule is CCOC(=O)c1ccc2nc(-c3ccccc3)cc(Cl)c2c1. The van der Waals surface area contributed by atoms with E-state index in [1.807, 2.05) is 36.4 Å². The highest BCUT2D eigenvalue weighted by atomic mass is 35.5. The Labute approximate surface area is 133 Å². The molecule has 0 spiro atoms. The number of hydrogen-bond donors (Lipinski definition) is 0. The van der Waals surface area contributed by atoms with E-state index in [9.17, 15) is 4.79 Å². The maximum absolute atomic E-state index is 11.8. The van der Waals surface area contributed by atoms with Crippen LogP contribution in [0.15, 0.2) is 54.6 Å². The fourth-order valence-electron chi connectivity index (χ4n) is 2.28. The monoisotopic (exact) mass is 311 g/mol. The normalized spacial score (nSPS) is 10.6. The van der Waals surface area contributed by atoms with Crippen molar-refractivity contribution in [2.45, 2.75) is 6.92 Å². The van der Waals surface area contributed by atoms with Crippen molar-refractivity contribution in [2.75, 3.05) is 6.61 Å². The van der Waals surface area contributed by atoms with E-state index in [0.717, 1.165) is 22.2 Å². The van der Waals surface area contributed by atoms with E-state index in [2.05, 4.69) is 4.98 Å². The molecule has 3 rings (SSSR count). The Morgan fingerprint density at radius 1 is 1.14 bits per heavy atom. The average Bonchev–Trinajstić information content (AvgIpc) is 2.55. The number of nitrogens with zero attached hydrogens (tertiary/aromatic N) is 1. The van der Waals surface area contributed by atoms with Crippen LogP contribution in [0.4, 0.5) is 0 Å². The first-order valence-electron chi connectivity index (χ1n) is 7.02. The van der Waals surface area contributed by atoms with Crippen molar-refractivity contribution in [3.8, 4) is 11.3 Å². The average molecular weight is 312 g/mol. The van der Waals surface area contributed by atoms with Crippen LogP contribution in [0.3, 0.4) is 0 Å². The molecule has 0 unspecified atom stereocenters. The summed E-state index contributed by atoms with van der Waals surface area (Å²) in [5.74, 6) is -0.354. The molecule has 0 radical (unpaired) electrons. The van der Waals surface area contributed by atoms with E-state index >= 15 is 0 Å². The Hall–Kier alpha value is -2.39. The van der Waals surface area contributed by atoms with E-state index < -0.39 is 0 Å². The number of pyridine rings is 1. The van der Waals surface area contributed by atoms with Gasteiger partial charge in [-0.05, 0) is 31.2 Å². The molecule has 3 aromatic rings. The maximum atomic E-state index is 11.8. The third kappa shape index (κ3) is 2.81. The van der Waals surface area contributed by atoms with Crippen molar-refractivity contribution in [3.05, 3.63) is 65.2 Å². The van der Waals surface area contributed by atoms with Crippen LogP contribution in [0, 0.1) is 0 Å². The van der Waals surface area contributed by atoms with Gasteiger partial charge in [0.15, 0.2) is 0 Å². The summed E-state index contributed by atoms with van der Waals surface area (Å²) in [6, 6.07) is 16.9. The zero-order valence-corrected chi connectivity index (χ0v) is 12.8. The fraction of sp³-hybridized carbons (Fsp3) is 0.111. The summed E-state index contributed by atoms with van der Waals surface area (Å²) in [6.07, 6.45) is 0. The summed E-state index contributed by atoms with van der Waals surface area (Å²) in [7, 11) is 0. The molecule has 0 atom stereocenters. The van der Waals surface area contributed by atoms with Crippen molar-refractivity contribution in [1.29, 1.82) is 0 Å². The van der Waals surface area contributed by atoms with Crippen LogP contribution in [0.25, 0.3) is 22.2 Å². The smallest absolute Gasteiger partial charge is 0.338 e. The predicted molar refractivity (Wildman–Crippen MR) is 88.1 cm³/mol. The van der Waals surface area contributed by atoms with Gasteiger partial charge in [0, 0.05) is 10.9 Å². The van der Waals surface area contributed by atoms with Gasteiger partial charge in [-0.15, -0.1) is 0 Å². The van der Waals surface area contributed by atoms with Gasteiger partial charge in [-0.25, -0.2) is 9.78 Å². The van der Waals surface area contributed by atoms with Gasteiger partial charge in [-0.3, -0.25) is 0 Å². The minimum Gasteiger partial charge on any atom is -0.462 e. The molecule has 0 saturated heterocycles. The minimum atomic E-state index is -0.354. The zero-order valence-electron chi connectivity index (χ0n) is 12.0. The van der Waals surface area contributed by atoms with Crippen LogP contribution in [-0.2, 0) is 4.74 Å². The molecular weight excluding hydrogens is 298 g/mol. The van der Waals surface area contributed by atoms with E-state index in [-0.39, 0.29) is 5.97 Å².